The van der Waals surface area contributed by atoms with Crippen molar-refractivity contribution in [3.8, 4) is 5.75 Å². The number of phenolic OH excluding ortho intramolecular Hbond substituents is 1. The molecule has 1 aromatic heterocycles. The number of hydrogen-bond acceptors (Lipinski definition) is 4. The van der Waals surface area contributed by atoms with E-state index in [1.54, 1.807) is 29.8 Å². The molecule has 1 aliphatic rings. The van der Waals surface area contributed by atoms with Crippen LogP contribution in [0.4, 0.5) is 4.39 Å². The van der Waals surface area contributed by atoms with Crippen molar-refractivity contribution in [3.05, 3.63) is 63.0 Å². The van der Waals surface area contributed by atoms with Crippen LogP contribution in [0.15, 0.2) is 34.8 Å². The average molecular weight is 537 g/mol. The zero-order valence-corrected chi connectivity index (χ0v) is 20.7. The summed E-state index contributed by atoms with van der Waals surface area (Å²) in [6.07, 6.45) is 3.32. The molecular formula is C24H26BrFN2O4S. The highest BCUT2D eigenvalue weighted by Gasteiger charge is 2.28. The number of hydrogen-bond donors (Lipinski definition) is 2. The molecular weight excluding hydrogens is 511 g/mol. The number of nitrogens with zero attached hydrogens (tertiary/aromatic N) is 2. The molecule has 1 atom stereocenters. The maximum atomic E-state index is 13.2. The van der Waals surface area contributed by atoms with Crippen LogP contribution in [0, 0.1) is 5.82 Å². The van der Waals surface area contributed by atoms with Gasteiger partial charge in [-0.2, -0.15) is 0 Å². The van der Waals surface area contributed by atoms with Crippen LogP contribution < -0.4 is 0 Å². The van der Waals surface area contributed by atoms with Crippen LogP contribution in [0.3, 0.4) is 0 Å². The second-order valence-electron chi connectivity index (χ2n) is 8.46. The normalized spacial score (nSPS) is 15.7. The Kier molecular flexibility index (Phi) is 7.21. The Hall–Kier alpha value is -2.23. The Bertz CT molecular complexity index is 1220. The van der Waals surface area contributed by atoms with Crippen LogP contribution in [0.2, 0.25) is 0 Å². The predicted octanol–water partition coefficient (Wildman–Crippen LogP) is 4.92. The summed E-state index contributed by atoms with van der Waals surface area (Å²) < 4.78 is 28.4. The summed E-state index contributed by atoms with van der Waals surface area (Å²) in [6, 6.07) is 7.51. The quantitative estimate of drug-likeness (QED) is 0.447. The van der Waals surface area contributed by atoms with Crippen molar-refractivity contribution in [1.82, 2.24) is 9.47 Å². The van der Waals surface area contributed by atoms with Crippen molar-refractivity contribution in [2.45, 2.75) is 37.3 Å². The van der Waals surface area contributed by atoms with E-state index in [4.69, 9.17) is 0 Å². The number of likely N-dealkylation sites (tertiary alicyclic amines) is 1. The zero-order chi connectivity index (χ0) is 23.7. The number of aromatic nitrogens is 1. The molecule has 176 valence electrons. The van der Waals surface area contributed by atoms with Gasteiger partial charge in [0.1, 0.15) is 11.6 Å². The highest BCUT2D eigenvalue weighted by atomic mass is 79.9. The third-order valence-electron chi connectivity index (χ3n) is 6.22. The largest absolute Gasteiger partial charge is 0.506 e. The molecule has 1 unspecified atom stereocenters. The van der Waals surface area contributed by atoms with Crippen molar-refractivity contribution in [2.24, 2.45) is 7.05 Å². The number of piperidine rings is 1. The molecule has 4 rings (SSSR count). The van der Waals surface area contributed by atoms with E-state index in [1.165, 1.54) is 18.6 Å². The molecule has 1 saturated heterocycles. The zero-order valence-electron chi connectivity index (χ0n) is 18.3. The molecule has 1 fully saturated rings. The van der Waals surface area contributed by atoms with Crippen LogP contribution >= 0.6 is 15.9 Å². The molecule has 3 aromatic rings. The Balaban J connectivity index is 1.76. The van der Waals surface area contributed by atoms with Gasteiger partial charge in [-0.05, 0) is 65.6 Å². The number of halogens is 2. The monoisotopic (exact) mass is 536 g/mol. The van der Waals surface area contributed by atoms with Gasteiger partial charge in [-0.15, -0.1) is 0 Å². The van der Waals surface area contributed by atoms with Gasteiger partial charge in [0.2, 0.25) is 0 Å². The van der Waals surface area contributed by atoms with Crippen molar-refractivity contribution < 1.29 is 23.6 Å². The molecule has 9 heteroatoms. The molecule has 2 N–H and O–H groups in total. The van der Waals surface area contributed by atoms with Crippen LogP contribution in [0.1, 0.15) is 46.4 Å². The lowest BCUT2D eigenvalue weighted by atomic mass is 10.0. The number of aromatic carboxylic acids is 1. The lowest BCUT2D eigenvalue weighted by Crippen LogP contribution is -2.29. The lowest BCUT2D eigenvalue weighted by Gasteiger charge is -2.27. The first kappa shape index (κ1) is 23.9. The standard InChI is InChI=1S/C24H26BrFN2O4S/c1-27-19-11-18(25)23(29)17(12-28-9-3-2-4-10-28)21(19)22(24(30)31)20(27)14-33(32)13-15-5-7-16(26)8-6-15/h5-8,11,29H,2-4,9-10,12-14H2,1H3,(H,30,31). The Morgan fingerprint density at radius 1 is 1.15 bits per heavy atom. The Morgan fingerprint density at radius 2 is 1.82 bits per heavy atom. The van der Waals surface area contributed by atoms with Crippen molar-refractivity contribution in [3.63, 3.8) is 0 Å². The van der Waals surface area contributed by atoms with E-state index in [-0.39, 0.29) is 28.6 Å². The van der Waals surface area contributed by atoms with Crippen LogP contribution in [-0.2, 0) is 35.9 Å². The maximum absolute atomic E-state index is 13.2. The van der Waals surface area contributed by atoms with Gasteiger partial charge in [0.05, 0.1) is 21.3 Å². The van der Waals surface area contributed by atoms with Crippen molar-refractivity contribution >= 4 is 43.6 Å². The number of benzene rings is 2. The summed E-state index contributed by atoms with van der Waals surface area (Å²) >= 11 is 3.42. The molecule has 33 heavy (non-hydrogen) atoms. The summed E-state index contributed by atoms with van der Waals surface area (Å²) in [7, 11) is 0.350. The molecule has 2 aromatic carbocycles. The molecule has 6 nitrogen and oxygen atoms in total. The lowest BCUT2D eigenvalue weighted by molar-refractivity contribution is 0.0697. The third-order valence-corrected chi connectivity index (χ3v) is 8.08. The number of carboxylic acids is 1. The highest BCUT2D eigenvalue weighted by Crippen LogP contribution is 2.40. The minimum atomic E-state index is -1.41. The minimum Gasteiger partial charge on any atom is -0.506 e. The fourth-order valence-corrected chi connectivity index (χ4v) is 6.31. The molecule has 0 aliphatic carbocycles. The van der Waals surface area contributed by atoms with Crippen molar-refractivity contribution in [1.29, 1.82) is 0 Å². The second-order valence-corrected chi connectivity index (χ2v) is 10.8. The van der Waals surface area contributed by atoms with Crippen molar-refractivity contribution in [2.75, 3.05) is 13.1 Å². The molecule has 1 aliphatic heterocycles. The van der Waals surface area contributed by atoms with Gasteiger partial charge in [0, 0.05) is 46.8 Å². The number of carboxylic acid groups (broad SMARTS) is 1. The van der Waals surface area contributed by atoms with E-state index in [9.17, 15) is 23.6 Å². The number of rotatable bonds is 7. The predicted molar refractivity (Wildman–Crippen MR) is 130 cm³/mol. The summed E-state index contributed by atoms with van der Waals surface area (Å²) in [5.41, 5.74) is 2.48. The minimum absolute atomic E-state index is 0.0335. The van der Waals surface area contributed by atoms with Gasteiger partial charge in [-0.1, -0.05) is 18.6 Å². The summed E-state index contributed by atoms with van der Waals surface area (Å²) in [6.45, 7) is 2.25. The van der Waals surface area contributed by atoms with E-state index in [0.717, 1.165) is 31.5 Å². The van der Waals surface area contributed by atoms with E-state index >= 15 is 0 Å². The molecule has 0 bridgehead atoms. The van der Waals surface area contributed by atoms with Gasteiger partial charge in [0.15, 0.2) is 0 Å². The second kappa shape index (κ2) is 9.95. The molecule has 0 radical (unpaired) electrons. The summed E-state index contributed by atoms with van der Waals surface area (Å²) in [5, 5.41) is 21.5. The van der Waals surface area contributed by atoms with E-state index in [2.05, 4.69) is 20.8 Å². The number of aromatic hydroxyl groups is 1. The summed E-state index contributed by atoms with van der Waals surface area (Å²) in [5.74, 6) is -1.21. The molecule has 2 heterocycles. The number of aryl methyl sites for hydroxylation is 1. The van der Waals surface area contributed by atoms with E-state index in [1.807, 2.05) is 0 Å². The van der Waals surface area contributed by atoms with Gasteiger partial charge in [-0.3, -0.25) is 9.11 Å². The topological polar surface area (TPSA) is 82.8 Å². The van der Waals surface area contributed by atoms with Crippen LogP contribution in [0.5, 0.6) is 5.75 Å². The number of fused-ring (bicyclic) bond motifs is 1. The van der Waals surface area contributed by atoms with Gasteiger partial charge in [0.25, 0.3) is 0 Å². The first-order valence-corrected chi connectivity index (χ1v) is 13.1. The van der Waals surface area contributed by atoms with E-state index in [0.29, 0.717) is 33.2 Å². The number of phenols is 1. The molecule has 0 saturated carbocycles. The maximum Gasteiger partial charge on any atom is 0.338 e. The smallest absolute Gasteiger partial charge is 0.338 e. The first-order chi connectivity index (χ1) is 15.8. The first-order valence-electron chi connectivity index (χ1n) is 10.8. The van der Waals surface area contributed by atoms with Gasteiger partial charge >= 0.3 is 5.97 Å². The fourth-order valence-electron chi connectivity index (χ4n) is 4.54. The number of carbonyl (C=O) groups is 1. The Labute approximate surface area is 202 Å². The fraction of sp³-hybridized carbons (Fsp3) is 0.375. The highest BCUT2D eigenvalue weighted by molar-refractivity contribution is 9.10. The molecule has 0 amide bonds. The Morgan fingerprint density at radius 3 is 2.45 bits per heavy atom. The average Bonchev–Trinajstić information content (AvgIpc) is 3.05. The summed E-state index contributed by atoms with van der Waals surface area (Å²) in [4.78, 5) is 14.6. The third kappa shape index (κ3) is 5.00. The van der Waals surface area contributed by atoms with Crippen LogP contribution in [-0.4, -0.2) is 42.9 Å². The SMILES string of the molecule is Cn1c(CS(=O)Cc2ccc(F)cc2)c(C(=O)O)c2c(CN3CCCCC3)c(O)c(Br)cc21. The molecule has 0 spiro atoms. The van der Waals surface area contributed by atoms with Gasteiger partial charge in [-0.25, -0.2) is 9.18 Å². The van der Waals surface area contributed by atoms with Gasteiger partial charge < -0.3 is 14.8 Å². The van der Waals surface area contributed by atoms with E-state index < -0.39 is 16.8 Å². The van der Waals surface area contributed by atoms with Crippen LogP contribution in [0.25, 0.3) is 10.9 Å².